The molecule has 41 heavy (non-hydrogen) atoms. The molecule has 0 radical (unpaired) electrons. The summed E-state index contributed by atoms with van der Waals surface area (Å²) in [5.41, 5.74) is 13.8. The molecule has 5 aromatic rings. The van der Waals surface area contributed by atoms with E-state index in [0.29, 0.717) is 30.8 Å². The van der Waals surface area contributed by atoms with E-state index in [-0.39, 0.29) is 11.1 Å². The van der Waals surface area contributed by atoms with Gasteiger partial charge in [-0.3, -0.25) is 19.1 Å². The van der Waals surface area contributed by atoms with E-state index in [4.69, 9.17) is 10.5 Å². The highest BCUT2D eigenvalue weighted by Gasteiger charge is 2.29. The normalized spacial score (nSPS) is 14.2. The van der Waals surface area contributed by atoms with Crippen LogP contribution in [0, 0.1) is 12.7 Å². The quantitative estimate of drug-likeness (QED) is 0.351. The lowest BCUT2D eigenvalue weighted by Crippen LogP contribution is -2.36. The fraction of sp³-hybridized carbons (Fsp3) is 0.188. The Morgan fingerprint density at radius 3 is 2.61 bits per heavy atom. The number of fused-ring (bicyclic) bond motifs is 4. The Balaban J connectivity index is 1.40. The van der Waals surface area contributed by atoms with Crippen molar-refractivity contribution in [2.75, 3.05) is 31.2 Å². The van der Waals surface area contributed by atoms with Crippen LogP contribution in [0.3, 0.4) is 0 Å². The van der Waals surface area contributed by atoms with Gasteiger partial charge in [0, 0.05) is 37.0 Å². The Kier molecular flexibility index (Phi) is 5.90. The number of amides is 1. The molecule has 3 heterocycles. The zero-order valence-corrected chi connectivity index (χ0v) is 22.4. The maximum atomic E-state index is 14.6. The third-order valence-corrected chi connectivity index (χ3v) is 8.11. The Hall–Kier alpha value is -4.89. The third-order valence-electron chi connectivity index (χ3n) is 8.11. The van der Waals surface area contributed by atoms with Crippen molar-refractivity contribution in [1.82, 2.24) is 14.5 Å². The van der Waals surface area contributed by atoms with Crippen molar-refractivity contribution in [3.63, 3.8) is 0 Å². The Bertz CT molecular complexity index is 1950. The van der Waals surface area contributed by atoms with E-state index in [1.165, 1.54) is 23.0 Å². The molecule has 204 valence electrons. The van der Waals surface area contributed by atoms with Gasteiger partial charge in [-0.1, -0.05) is 24.3 Å². The van der Waals surface area contributed by atoms with Crippen molar-refractivity contribution in [3.8, 4) is 27.9 Å². The zero-order valence-electron chi connectivity index (χ0n) is 22.4. The van der Waals surface area contributed by atoms with E-state index in [2.05, 4.69) is 33.1 Å². The highest BCUT2D eigenvalue weighted by Crippen LogP contribution is 2.46. The first-order chi connectivity index (χ1) is 19.9. The molecule has 0 spiro atoms. The predicted octanol–water partition coefficient (Wildman–Crippen LogP) is 4.40. The molecule has 1 fully saturated rings. The fourth-order valence-electron chi connectivity index (χ4n) is 6.10. The number of rotatable bonds is 4. The van der Waals surface area contributed by atoms with E-state index in [1.807, 2.05) is 25.1 Å². The molecule has 3 aromatic carbocycles. The van der Waals surface area contributed by atoms with Crippen molar-refractivity contribution in [3.05, 3.63) is 106 Å². The van der Waals surface area contributed by atoms with Crippen molar-refractivity contribution < 1.29 is 13.9 Å². The van der Waals surface area contributed by atoms with Gasteiger partial charge in [-0.2, -0.15) is 0 Å². The fourth-order valence-corrected chi connectivity index (χ4v) is 6.10. The summed E-state index contributed by atoms with van der Waals surface area (Å²) in [6, 6.07) is 16.4. The molecule has 2 N–H and O–H groups in total. The first-order valence-corrected chi connectivity index (χ1v) is 13.5. The highest BCUT2D eigenvalue weighted by atomic mass is 19.1. The lowest BCUT2D eigenvalue weighted by Gasteiger charge is -2.29. The minimum Gasteiger partial charge on any atom is -0.378 e. The van der Waals surface area contributed by atoms with Gasteiger partial charge < -0.3 is 15.4 Å². The van der Waals surface area contributed by atoms with Gasteiger partial charge in [-0.25, -0.2) is 9.37 Å². The molecule has 2 aromatic heterocycles. The molecule has 1 amide bonds. The van der Waals surface area contributed by atoms with Crippen LogP contribution in [-0.4, -0.2) is 46.7 Å². The zero-order chi connectivity index (χ0) is 28.2. The lowest BCUT2D eigenvalue weighted by atomic mass is 9.91. The largest absolute Gasteiger partial charge is 0.378 e. The van der Waals surface area contributed by atoms with Gasteiger partial charge in [0.15, 0.2) is 0 Å². The molecule has 0 bridgehead atoms. The number of halogens is 1. The topological polar surface area (TPSA) is 103 Å². The first kappa shape index (κ1) is 25.1. The summed E-state index contributed by atoms with van der Waals surface area (Å²) < 4.78 is 21.5. The van der Waals surface area contributed by atoms with Gasteiger partial charge in [0.1, 0.15) is 23.2 Å². The van der Waals surface area contributed by atoms with Crippen molar-refractivity contribution in [2.45, 2.75) is 13.3 Å². The molecular weight excluding hydrogens is 521 g/mol. The number of ether oxygens (including phenoxy) is 1. The molecule has 9 heteroatoms. The summed E-state index contributed by atoms with van der Waals surface area (Å²) >= 11 is 0. The number of anilines is 1. The molecule has 1 saturated heterocycles. The molecular formula is C32H26FN5O3. The van der Waals surface area contributed by atoms with Crippen LogP contribution in [-0.2, 0) is 11.2 Å². The Morgan fingerprint density at radius 1 is 1.00 bits per heavy atom. The Labute approximate surface area is 234 Å². The maximum Gasteiger partial charge on any atom is 0.268 e. The SMILES string of the molecule is Cc1c(-c2cnc(C(N)=O)c3c2-c2ccc(N4CCOCC4)cc2C3)cccc1-n1cnc2cccc(F)c2c1=O. The molecule has 0 saturated carbocycles. The number of nitrogens with zero attached hydrogens (tertiary/aromatic N) is 4. The third kappa shape index (κ3) is 4.00. The van der Waals surface area contributed by atoms with Crippen LogP contribution >= 0.6 is 0 Å². The second-order valence-corrected chi connectivity index (χ2v) is 10.4. The molecule has 7 rings (SSSR count). The highest BCUT2D eigenvalue weighted by molar-refractivity contribution is 6.00. The van der Waals surface area contributed by atoms with E-state index in [9.17, 15) is 14.0 Å². The molecule has 1 aliphatic heterocycles. The molecule has 0 unspecified atom stereocenters. The van der Waals surface area contributed by atoms with E-state index >= 15 is 0 Å². The van der Waals surface area contributed by atoms with E-state index in [1.54, 1.807) is 12.3 Å². The minimum absolute atomic E-state index is 0.0572. The standard InChI is InChI=1S/C32H26FN5O3/c1-18-21(4-2-7-27(18)38-17-36-26-6-3-5-25(33)29(26)32(38)40)24-16-35-30(31(34)39)23-15-19-14-20(8-9-22(19)28(23)24)37-10-12-41-13-11-37/h2-9,14,16-17H,10-13,15H2,1H3,(H2,34,39). The summed E-state index contributed by atoms with van der Waals surface area (Å²) in [7, 11) is 0. The predicted molar refractivity (Wildman–Crippen MR) is 155 cm³/mol. The second-order valence-electron chi connectivity index (χ2n) is 10.4. The van der Waals surface area contributed by atoms with Crippen LogP contribution in [0.4, 0.5) is 10.1 Å². The lowest BCUT2D eigenvalue weighted by molar-refractivity contribution is 0.0995. The smallest absolute Gasteiger partial charge is 0.268 e. The first-order valence-electron chi connectivity index (χ1n) is 13.5. The second kappa shape index (κ2) is 9.64. The monoisotopic (exact) mass is 547 g/mol. The number of morpholine rings is 1. The number of carbonyl (C=O) groups excluding carboxylic acids is 1. The van der Waals surface area contributed by atoms with E-state index < -0.39 is 17.3 Å². The van der Waals surface area contributed by atoms with Crippen LogP contribution in [0.15, 0.2) is 71.9 Å². The van der Waals surface area contributed by atoms with Gasteiger partial charge in [0.05, 0.1) is 24.4 Å². The summed E-state index contributed by atoms with van der Waals surface area (Å²) in [5, 5.41) is -0.0572. The van der Waals surface area contributed by atoms with Crippen LogP contribution in [0.2, 0.25) is 0 Å². The maximum absolute atomic E-state index is 14.6. The van der Waals surface area contributed by atoms with Gasteiger partial charge >= 0.3 is 0 Å². The van der Waals surface area contributed by atoms with Gasteiger partial charge in [-0.05, 0) is 70.6 Å². The number of benzene rings is 3. The van der Waals surface area contributed by atoms with Crippen LogP contribution in [0.5, 0.6) is 0 Å². The van der Waals surface area contributed by atoms with E-state index in [0.717, 1.165) is 57.7 Å². The molecule has 0 atom stereocenters. The van der Waals surface area contributed by atoms with Crippen molar-refractivity contribution >= 4 is 22.5 Å². The number of carbonyl (C=O) groups is 1. The van der Waals surface area contributed by atoms with Crippen LogP contribution < -0.4 is 16.2 Å². The number of primary amides is 1. The number of hydrogen-bond donors (Lipinski definition) is 1. The van der Waals surface area contributed by atoms with Gasteiger partial charge in [0.2, 0.25) is 0 Å². The summed E-state index contributed by atoms with van der Waals surface area (Å²) in [4.78, 5) is 36.9. The van der Waals surface area contributed by atoms with Gasteiger partial charge in [-0.15, -0.1) is 0 Å². The summed E-state index contributed by atoms with van der Waals surface area (Å²) in [6.45, 7) is 4.94. The number of aromatic nitrogens is 3. The summed E-state index contributed by atoms with van der Waals surface area (Å²) in [5.74, 6) is -1.18. The average molecular weight is 548 g/mol. The summed E-state index contributed by atoms with van der Waals surface area (Å²) in [6.07, 6.45) is 3.64. The van der Waals surface area contributed by atoms with Crippen LogP contribution in [0.1, 0.15) is 27.2 Å². The van der Waals surface area contributed by atoms with Crippen LogP contribution in [0.25, 0.3) is 38.8 Å². The van der Waals surface area contributed by atoms with Crippen molar-refractivity contribution in [1.29, 1.82) is 0 Å². The molecule has 8 nitrogen and oxygen atoms in total. The molecule has 1 aliphatic carbocycles. The minimum atomic E-state index is -0.611. The average Bonchev–Trinajstić information content (AvgIpc) is 3.37. The Morgan fingerprint density at radius 2 is 1.80 bits per heavy atom. The number of pyridine rings is 1. The molecule has 2 aliphatic rings. The van der Waals surface area contributed by atoms with Gasteiger partial charge in [0.25, 0.3) is 11.5 Å². The number of hydrogen-bond acceptors (Lipinski definition) is 6. The number of nitrogens with two attached hydrogens (primary N) is 1. The van der Waals surface area contributed by atoms with Crippen molar-refractivity contribution in [2.24, 2.45) is 5.73 Å².